The van der Waals surface area contributed by atoms with Gasteiger partial charge in [0.15, 0.2) is 5.96 Å². The number of nitrogens with zero attached hydrogens (tertiary/aromatic N) is 3. The van der Waals surface area contributed by atoms with Gasteiger partial charge in [0.1, 0.15) is 0 Å². The van der Waals surface area contributed by atoms with Crippen molar-refractivity contribution in [3.05, 3.63) is 29.8 Å². The van der Waals surface area contributed by atoms with Crippen molar-refractivity contribution in [2.45, 2.75) is 45.6 Å². The highest BCUT2D eigenvalue weighted by Gasteiger charge is 2.28. The number of anilines is 1. The maximum Gasteiger partial charge on any atom is 0.310 e. The molecule has 0 aliphatic carbocycles. The van der Waals surface area contributed by atoms with Gasteiger partial charge in [-0.25, -0.2) is 0 Å². The molecule has 1 N–H and O–H groups in total. The first-order chi connectivity index (χ1) is 14.1. The number of hydrogen-bond acceptors (Lipinski definition) is 4. The molecule has 1 unspecified atom stereocenters. The molecule has 3 rings (SSSR count). The number of carbonyl (C=O) groups is 2. The van der Waals surface area contributed by atoms with Gasteiger partial charge in [0.25, 0.3) is 0 Å². The van der Waals surface area contributed by atoms with Gasteiger partial charge < -0.3 is 19.9 Å². The molecule has 0 radical (unpaired) electrons. The van der Waals surface area contributed by atoms with Crippen LogP contribution in [0.25, 0.3) is 0 Å². The van der Waals surface area contributed by atoms with Gasteiger partial charge in [-0.2, -0.15) is 0 Å². The first-order valence-corrected chi connectivity index (χ1v) is 10.6. The number of amides is 1. The SMILES string of the molecule is CCOC(=O)C1CCCN(C(=NC)NCc2ccc(N3CCCCC3=O)cc2)C1.I. The molecule has 2 heterocycles. The largest absolute Gasteiger partial charge is 0.466 e. The predicted octanol–water partition coefficient (Wildman–Crippen LogP) is 3.17. The molecule has 0 saturated carbocycles. The Morgan fingerprint density at radius 3 is 2.63 bits per heavy atom. The number of aliphatic imine (C=N–C) groups is 1. The number of carbonyl (C=O) groups excluding carboxylic acids is 2. The summed E-state index contributed by atoms with van der Waals surface area (Å²) >= 11 is 0. The average Bonchev–Trinajstić information content (AvgIpc) is 2.75. The lowest BCUT2D eigenvalue weighted by Crippen LogP contribution is -2.48. The van der Waals surface area contributed by atoms with Crippen molar-refractivity contribution < 1.29 is 14.3 Å². The summed E-state index contributed by atoms with van der Waals surface area (Å²) in [5.41, 5.74) is 2.09. The fourth-order valence-electron chi connectivity index (χ4n) is 4.01. The Balaban J connectivity index is 0.00000320. The van der Waals surface area contributed by atoms with Crippen LogP contribution in [0, 0.1) is 5.92 Å². The van der Waals surface area contributed by atoms with Crippen molar-refractivity contribution >= 4 is 47.5 Å². The lowest BCUT2D eigenvalue weighted by Gasteiger charge is -2.34. The maximum atomic E-state index is 12.1. The number of ether oxygens (including phenoxy) is 1. The molecule has 30 heavy (non-hydrogen) atoms. The van der Waals surface area contributed by atoms with E-state index in [1.165, 1.54) is 0 Å². The van der Waals surface area contributed by atoms with Crippen molar-refractivity contribution in [2.24, 2.45) is 10.9 Å². The van der Waals surface area contributed by atoms with E-state index in [2.05, 4.69) is 27.3 Å². The van der Waals surface area contributed by atoms with Crippen molar-refractivity contribution in [1.29, 1.82) is 0 Å². The molecular weight excluding hydrogens is 495 g/mol. The Morgan fingerprint density at radius 2 is 1.97 bits per heavy atom. The van der Waals surface area contributed by atoms with Crippen LogP contribution in [0.4, 0.5) is 5.69 Å². The maximum absolute atomic E-state index is 12.1. The normalized spacial score (nSPS) is 19.9. The van der Waals surface area contributed by atoms with Crippen LogP contribution in [0.1, 0.15) is 44.6 Å². The fourth-order valence-corrected chi connectivity index (χ4v) is 4.01. The molecule has 7 nitrogen and oxygen atoms in total. The number of halogens is 1. The summed E-state index contributed by atoms with van der Waals surface area (Å²) in [6, 6.07) is 8.13. The molecule has 2 aliphatic rings. The van der Waals surface area contributed by atoms with Crippen LogP contribution >= 0.6 is 24.0 Å². The van der Waals surface area contributed by atoms with Crippen LogP contribution in [-0.4, -0.2) is 56.0 Å². The zero-order chi connectivity index (χ0) is 20.6. The van der Waals surface area contributed by atoms with Gasteiger partial charge in [0.05, 0.1) is 12.5 Å². The molecule has 2 aliphatic heterocycles. The van der Waals surface area contributed by atoms with Crippen LogP contribution in [0.3, 0.4) is 0 Å². The van der Waals surface area contributed by atoms with E-state index in [-0.39, 0.29) is 41.8 Å². The number of guanidine groups is 1. The van der Waals surface area contributed by atoms with Gasteiger partial charge in [0, 0.05) is 45.3 Å². The smallest absolute Gasteiger partial charge is 0.310 e. The summed E-state index contributed by atoms with van der Waals surface area (Å²) in [7, 11) is 1.77. The van der Waals surface area contributed by atoms with E-state index < -0.39 is 0 Å². The monoisotopic (exact) mass is 528 g/mol. The zero-order valence-corrected chi connectivity index (χ0v) is 20.3. The van der Waals surface area contributed by atoms with Gasteiger partial charge in [-0.05, 0) is 50.3 Å². The number of benzene rings is 1. The summed E-state index contributed by atoms with van der Waals surface area (Å²) in [5, 5.41) is 3.40. The molecule has 8 heteroatoms. The molecule has 0 bridgehead atoms. The number of likely N-dealkylation sites (tertiary alicyclic amines) is 1. The summed E-state index contributed by atoms with van der Waals surface area (Å²) in [5.74, 6) is 0.803. The topological polar surface area (TPSA) is 74.2 Å². The van der Waals surface area contributed by atoms with Gasteiger partial charge in [-0.15, -0.1) is 24.0 Å². The molecule has 0 spiro atoms. The molecule has 2 fully saturated rings. The molecule has 166 valence electrons. The molecule has 1 aromatic carbocycles. The highest BCUT2D eigenvalue weighted by molar-refractivity contribution is 14.0. The van der Waals surface area contributed by atoms with Crippen molar-refractivity contribution in [3.63, 3.8) is 0 Å². The summed E-state index contributed by atoms with van der Waals surface area (Å²) in [6.07, 6.45) is 4.51. The van der Waals surface area contributed by atoms with E-state index in [1.54, 1.807) is 7.05 Å². The second-order valence-electron chi connectivity index (χ2n) is 7.61. The number of hydrogen-bond donors (Lipinski definition) is 1. The Bertz CT molecular complexity index is 738. The van der Waals surface area contributed by atoms with Gasteiger partial charge in [0.2, 0.25) is 5.91 Å². The third-order valence-electron chi connectivity index (χ3n) is 5.57. The molecule has 1 amide bonds. The predicted molar refractivity (Wildman–Crippen MR) is 129 cm³/mol. The van der Waals surface area contributed by atoms with Crippen LogP contribution < -0.4 is 10.2 Å². The third kappa shape index (κ3) is 6.33. The Labute approximate surface area is 196 Å². The van der Waals surface area contributed by atoms with Crippen LogP contribution in [0.5, 0.6) is 0 Å². The minimum Gasteiger partial charge on any atom is -0.466 e. The second kappa shape index (κ2) is 12.1. The van der Waals surface area contributed by atoms with Crippen LogP contribution in [0.15, 0.2) is 29.3 Å². The molecule has 1 atom stereocenters. The number of piperidine rings is 2. The Kier molecular flexibility index (Phi) is 9.87. The minimum atomic E-state index is -0.115. The molecule has 0 aromatic heterocycles. The van der Waals surface area contributed by atoms with Gasteiger partial charge >= 0.3 is 5.97 Å². The standard InChI is InChI=1S/C22H32N4O3.HI/c1-3-29-21(28)18-7-6-13-25(16-18)22(23-2)24-15-17-9-11-19(12-10-17)26-14-5-4-8-20(26)27;/h9-12,18H,3-8,13-16H2,1-2H3,(H,23,24);1H. The van der Waals surface area contributed by atoms with E-state index in [1.807, 2.05) is 24.0 Å². The Hall–Kier alpha value is -1.84. The van der Waals surface area contributed by atoms with E-state index in [0.29, 0.717) is 26.1 Å². The molecule has 1 aromatic rings. The molecular formula is C22H33IN4O3. The quantitative estimate of drug-likeness (QED) is 0.275. The number of nitrogens with one attached hydrogen (secondary N) is 1. The summed E-state index contributed by atoms with van der Waals surface area (Å²) < 4.78 is 5.19. The zero-order valence-electron chi connectivity index (χ0n) is 17.9. The second-order valence-corrected chi connectivity index (χ2v) is 7.61. The average molecular weight is 528 g/mol. The number of esters is 1. The van der Waals surface area contributed by atoms with Gasteiger partial charge in [-0.3, -0.25) is 14.6 Å². The van der Waals surface area contributed by atoms with Crippen molar-refractivity contribution in [3.8, 4) is 0 Å². The van der Waals surface area contributed by atoms with Crippen LogP contribution in [-0.2, 0) is 20.9 Å². The first-order valence-electron chi connectivity index (χ1n) is 10.6. The Morgan fingerprint density at radius 1 is 1.20 bits per heavy atom. The minimum absolute atomic E-state index is 0. The van der Waals surface area contributed by atoms with E-state index in [4.69, 9.17) is 4.74 Å². The van der Waals surface area contributed by atoms with Crippen molar-refractivity contribution in [1.82, 2.24) is 10.2 Å². The summed E-state index contributed by atoms with van der Waals surface area (Å²) in [6.45, 7) is 5.22. The van der Waals surface area contributed by atoms with Crippen molar-refractivity contribution in [2.75, 3.05) is 38.2 Å². The summed E-state index contributed by atoms with van der Waals surface area (Å²) in [4.78, 5) is 32.6. The fraction of sp³-hybridized carbons (Fsp3) is 0.591. The lowest BCUT2D eigenvalue weighted by molar-refractivity contribution is -0.149. The lowest BCUT2D eigenvalue weighted by atomic mass is 9.98. The highest BCUT2D eigenvalue weighted by atomic mass is 127. The van der Waals surface area contributed by atoms with Gasteiger partial charge in [-0.1, -0.05) is 12.1 Å². The molecule has 2 saturated heterocycles. The van der Waals surface area contributed by atoms with Crippen LogP contribution in [0.2, 0.25) is 0 Å². The highest BCUT2D eigenvalue weighted by Crippen LogP contribution is 2.21. The van der Waals surface area contributed by atoms with E-state index in [0.717, 1.165) is 56.0 Å². The van der Waals surface area contributed by atoms with E-state index >= 15 is 0 Å². The third-order valence-corrected chi connectivity index (χ3v) is 5.57. The first kappa shape index (κ1) is 24.4. The van der Waals surface area contributed by atoms with E-state index in [9.17, 15) is 9.59 Å². The number of rotatable bonds is 5.